The Balaban J connectivity index is 2.08. The number of amides is 2. The molecule has 1 atom stereocenters. The van der Waals surface area contributed by atoms with Crippen molar-refractivity contribution in [1.82, 2.24) is 10.2 Å². The van der Waals surface area contributed by atoms with Crippen LogP contribution in [0.4, 0.5) is 0 Å². The van der Waals surface area contributed by atoms with Crippen molar-refractivity contribution in [2.45, 2.75) is 25.4 Å². The van der Waals surface area contributed by atoms with E-state index in [-0.39, 0.29) is 11.8 Å². The third kappa shape index (κ3) is 3.09. The van der Waals surface area contributed by atoms with Crippen LogP contribution in [-0.4, -0.2) is 29.8 Å². The van der Waals surface area contributed by atoms with E-state index in [0.29, 0.717) is 40.0 Å². The molecule has 0 aliphatic carbocycles. The Labute approximate surface area is 132 Å². The number of halogens is 3. The first-order valence-corrected chi connectivity index (χ1v) is 7.21. The normalized spacial score (nSPS) is 19.6. The Bertz CT molecular complexity index is 563. The third-order valence-corrected chi connectivity index (χ3v) is 4.51. The van der Waals surface area contributed by atoms with Crippen molar-refractivity contribution in [1.29, 1.82) is 0 Å². The molecule has 1 aliphatic rings. The zero-order chi connectivity index (χ0) is 14.9. The highest BCUT2D eigenvalue weighted by Gasteiger charge is 2.31. The smallest absolute Gasteiger partial charge is 0.246 e. The highest BCUT2D eigenvalue weighted by atomic mass is 35.5. The molecule has 0 aromatic heterocycles. The zero-order valence-electron chi connectivity index (χ0n) is 10.8. The summed E-state index contributed by atoms with van der Waals surface area (Å²) >= 11 is 18.1. The van der Waals surface area contributed by atoms with Gasteiger partial charge in [-0.15, -0.1) is 0 Å². The van der Waals surface area contributed by atoms with Gasteiger partial charge >= 0.3 is 0 Å². The van der Waals surface area contributed by atoms with Crippen LogP contribution < -0.4 is 5.32 Å². The fourth-order valence-corrected chi connectivity index (χ4v) is 2.74. The number of nitrogens with one attached hydrogen (secondary N) is 1. The van der Waals surface area contributed by atoms with Crippen molar-refractivity contribution in [2.24, 2.45) is 0 Å². The fraction of sp³-hybridized carbons (Fsp3) is 0.385. The average Bonchev–Trinajstić information content (AvgIpc) is 2.42. The van der Waals surface area contributed by atoms with Gasteiger partial charge in [0.2, 0.25) is 11.8 Å². The number of rotatable bonds is 3. The lowest BCUT2D eigenvalue weighted by molar-refractivity contribution is -0.148. The average molecular weight is 336 g/mol. The van der Waals surface area contributed by atoms with Gasteiger partial charge in [-0.2, -0.15) is 0 Å². The van der Waals surface area contributed by atoms with Crippen molar-refractivity contribution in [3.8, 4) is 0 Å². The lowest BCUT2D eigenvalue weighted by atomic mass is 10.0. The monoisotopic (exact) mass is 334 g/mol. The first kappa shape index (κ1) is 15.6. The van der Waals surface area contributed by atoms with Crippen molar-refractivity contribution in [2.75, 3.05) is 7.05 Å². The molecule has 0 bridgehead atoms. The quantitative estimate of drug-likeness (QED) is 0.682. The Morgan fingerprint density at radius 2 is 1.90 bits per heavy atom. The first-order chi connectivity index (χ1) is 9.41. The van der Waals surface area contributed by atoms with Crippen LogP contribution in [0.25, 0.3) is 0 Å². The Morgan fingerprint density at radius 3 is 2.60 bits per heavy atom. The number of likely N-dealkylation sites (N-methyl/N-ethyl adjacent to an activating group) is 1. The number of nitrogens with zero attached hydrogens (tertiary/aromatic N) is 1. The molecule has 2 rings (SSSR count). The van der Waals surface area contributed by atoms with Gasteiger partial charge in [-0.25, -0.2) is 0 Å². The minimum Gasteiger partial charge on any atom is -0.302 e. The van der Waals surface area contributed by atoms with Gasteiger partial charge < -0.3 is 5.32 Å². The van der Waals surface area contributed by atoms with Gasteiger partial charge in [-0.05, 0) is 18.6 Å². The van der Waals surface area contributed by atoms with Gasteiger partial charge in [0, 0.05) is 30.6 Å². The van der Waals surface area contributed by atoms with Crippen molar-refractivity contribution in [3.05, 3.63) is 32.8 Å². The largest absolute Gasteiger partial charge is 0.302 e. The van der Waals surface area contributed by atoms with Gasteiger partial charge in [0.05, 0.1) is 16.1 Å². The molecular formula is C13H13Cl3N2O2. The lowest BCUT2D eigenvalue weighted by Crippen LogP contribution is -2.51. The molecule has 4 nitrogen and oxygen atoms in total. The van der Waals surface area contributed by atoms with Crippen LogP contribution in [0.2, 0.25) is 15.1 Å². The van der Waals surface area contributed by atoms with E-state index < -0.39 is 6.04 Å². The topological polar surface area (TPSA) is 49.4 Å². The zero-order valence-corrected chi connectivity index (χ0v) is 13.0. The predicted molar refractivity (Wildman–Crippen MR) is 79.1 cm³/mol. The number of carbonyl (C=O) groups excluding carboxylic acids is 2. The summed E-state index contributed by atoms with van der Waals surface area (Å²) in [7, 11) is 1.48. The summed E-state index contributed by atoms with van der Waals surface area (Å²) in [5, 5.41) is 4.35. The fourth-order valence-electron chi connectivity index (χ4n) is 2.06. The molecule has 0 spiro atoms. The maximum Gasteiger partial charge on any atom is 0.246 e. The second-order valence-corrected chi connectivity index (χ2v) is 5.78. The van der Waals surface area contributed by atoms with E-state index in [2.05, 4.69) is 5.32 Å². The summed E-state index contributed by atoms with van der Waals surface area (Å²) in [6.45, 7) is 0.316. The minimum atomic E-state index is -0.413. The van der Waals surface area contributed by atoms with Crippen molar-refractivity contribution >= 4 is 46.6 Å². The van der Waals surface area contributed by atoms with E-state index in [1.807, 2.05) is 0 Å². The molecule has 7 heteroatoms. The predicted octanol–water partition coefficient (Wildman–Crippen LogP) is 2.88. The maximum absolute atomic E-state index is 11.9. The summed E-state index contributed by atoms with van der Waals surface area (Å²) in [5.74, 6) is -0.401. The van der Waals surface area contributed by atoms with Crippen LogP contribution in [0.3, 0.4) is 0 Å². The van der Waals surface area contributed by atoms with Crippen LogP contribution >= 0.6 is 34.8 Å². The van der Waals surface area contributed by atoms with E-state index in [0.717, 1.165) is 4.90 Å². The van der Waals surface area contributed by atoms with Gasteiger partial charge in [0.15, 0.2) is 0 Å². The number of hydrogen-bond donors (Lipinski definition) is 1. The second kappa shape index (κ2) is 6.31. The number of benzene rings is 1. The Kier molecular flexibility index (Phi) is 4.91. The van der Waals surface area contributed by atoms with Crippen molar-refractivity contribution < 1.29 is 9.59 Å². The third-order valence-electron chi connectivity index (χ3n) is 3.31. The molecule has 1 aromatic rings. The molecule has 1 aromatic carbocycles. The minimum absolute atomic E-state index is 0.160. The number of likely N-dealkylation sites (tertiary alicyclic amines) is 1. The number of imide groups is 1. The first-order valence-electron chi connectivity index (χ1n) is 6.08. The molecule has 20 heavy (non-hydrogen) atoms. The summed E-state index contributed by atoms with van der Waals surface area (Å²) in [4.78, 5) is 24.5. The van der Waals surface area contributed by atoms with Crippen molar-refractivity contribution in [3.63, 3.8) is 0 Å². The van der Waals surface area contributed by atoms with E-state index in [1.54, 1.807) is 12.1 Å². The molecule has 1 heterocycles. The summed E-state index contributed by atoms with van der Waals surface area (Å²) in [5.41, 5.74) is 0.646. The maximum atomic E-state index is 11.9. The van der Waals surface area contributed by atoms with Crippen LogP contribution in [0.1, 0.15) is 18.4 Å². The molecular weight excluding hydrogens is 323 g/mol. The van der Waals surface area contributed by atoms with Crippen LogP contribution in [0, 0.1) is 0 Å². The van der Waals surface area contributed by atoms with Gasteiger partial charge in [0.25, 0.3) is 0 Å². The molecule has 108 valence electrons. The SMILES string of the molecule is CN1C(=O)CCC(NCc2c(Cl)ccc(Cl)c2Cl)C1=O. The van der Waals surface area contributed by atoms with Gasteiger partial charge in [-0.3, -0.25) is 14.5 Å². The molecule has 1 fully saturated rings. The van der Waals surface area contributed by atoms with Gasteiger partial charge in [-0.1, -0.05) is 34.8 Å². The molecule has 0 saturated carbocycles. The molecule has 2 amide bonds. The van der Waals surface area contributed by atoms with Crippen LogP contribution in [-0.2, 0) is 16.1 Å². The highest BCUT2D eigenvalue weighted by Crippen LogP contribution is 2.31. The summed E-state index contributed by atoms with van der Waals surface area (Å²) < 4.78 is 0. The highest BCUT2D eigenvalue weighted by molar-refractivity contribution is 6.44. The van der Waals surface area contributed by atoms with E-state index >= 15 is 0 Å². The van der Waals surface area contributed by atoms with E-state index in [1.165, 1.54) is 7.05 Å². The van der Waals surface area contributed by atoms with Crippen LogP contribution in [0.5, 0.6) is 0 Å². The summed E-state index contributed by atoms with van der Waals surface area (Å²) in [6.07, 6.45) is 0.814. The van der Waals surface area contributed by atoms with Gasteiger partial charge in [0.1, 0.15) is 0 Å². The van der Waals surface area contributed by atoms with E-state index in [4.69, 9.17) is 34.8 Å². The number of hydrogen-bond acceptors (Lipinski definition) is 3. The standard InChI is InChI=1S/C13H13Cl3N2O2/c1-18-11(19)5-4-10(13(18)20)17-6-7-8(14)2-3-9(15)12(7)16/h2-3,10,17H,4-6H2,1H3. The Morgan fingerprint density at radius 1 is 1.25 bits per heavy atom. The molecule has 1 aliphatic heterocycles. The molecule has 0 radical (unpaired) electrons. The number of piperidine rings is 1. The number of carbonyl (C=O) groups is 2. The van der Waals surface area contributed by atoms with E-state index in [9.17, 15) is 9.59 Å². The molecule has 1 unspecified atom stereocenters. The summed E-state index contributed by atoms with van der Waals surface area (Å²) in [6, 6.07) is 2.86. The second-order valence-electron chi connectivity index (χ2n) is 4.58. The van der Waals surface area contributed by atoms with Crippen LogP contribution in [0.15, 0.2) is 12.1 Å². The Hall–Kier alpha value is -0.810. The molecule has 1 saturated heterocycles. The lowest BCUT2D eigenvalue weighted by Gasteiger charge is -2.28. The molecule has 1 N–H and O–H groups in total.